The van der Waals surface area contributed by atoms with E-state index < -0.39 is 22.5 Å². The van der Waals surface area contributed by atoms with Crippen LogP contribution in [0.1, 0.15) is 16.7 Å². The predicted molar refractivity (Wildman–Crippen MR) is 130 cm³/mol. The maximum atomic E-state index is 13.4. The Morgan fingerprint density at radius 3 is 2.25 bits per heavy atom. The molecule has 168 valence electrons. The third kappa shape index (κ3) is 6.03. The van der Waals surface area contributed by atoms with Crippen LogP contribution in [0.5, 0.6) is 0 Å². The van der Waals surface area contributed by atoms with Gasteiger partial charge in [0.25, 0.3) is 0 Å². The van der Waals surface area contributed by atoms with E-state index in [0.29, 0.717) is 26.3 Å². The summed E-state index contributed by atoms with van der Waals surface area (Å²) in [6.07, 6.45) is 0. The van der Waals surface area contributed by atoms with E-state index in [1.165, 1.54) is 12.1 Å². The summed E-state index contributed by atoms with van der Waals surface area (Å²) in [5, 5.41) is 3.87. The minimum absolute atomic E-state index is 0.0605. The van der Waals surface area contributed by atoms with Crippen molar-refractivity contribution in [2.45, 2.75) is 25.3 Å². The second-order valence-electron chi connectivity index (χ2n) is 7.34. The summed E-state index contributed by atoms with van der Waals surface area (Å²) < 4.78 is 27.9. The van der Waals surface area contributed by atoms with Gasteiger partial charge in [-0.25, -0.2) is 8.42 Å². The molecular formula is C23H21Cl3N2O3S. The number of carbonyl (C=O) groups is 1. The number of hydrogen-bond acceptors (Lipinski definition) is 3. The van der Waals surface area contributed by atoms with E-state index in [9.17, 15) is 13.2 Å². The smallest absolute Gasteiger partial charge is 0.243 e. The first-order chi connectivity index (χ1) is 15.1. The lowest BCUT2D eigenvalue weighted by Crippen LogP contribution is -2.37. The van der Waals surface area contributed by atoms with E-state index in [4.69, 9.17) is 34.8 Å². The summed E-state index contributed by atoms with van der Waals surface area (Å²) >= 11 is 18.1. The Morgan fingerprint density at radius 2 is 1.59 bits per heavy atom. The zero-order chi connectivity index (χ0) is 23.5. The first-order valence-electron chi connectivity index (χ1n) is 9.63. The molecule has 3 aromatic rings. The van der Waals surface area contributed by atoms with E-state index >= 15 is 0 Å². The second-order valence-corrected chi connectivity index (χ2v) is 10.5. The molecule has 0 saturated carbocycles. The molecule has 0 aliphatic rings. The van der Waals surface area contributed by atoms with Gasteiger partial charge in [-0.1, -0.05) is 64.6 Å². The number of anilines is 1. The number of nitrogens with zero attached hydrogens (tertiary/aromatic N) is 1. The summed E-state index contributed by atoms with van der Waals surface area (Å²) in [6.45, 7) is 3.23. The Morgan fingerprint density at radius 1 is 0.906 bits per heavy atom. The average molecular weight is 512 g/mol. The lowest BCUT2D eigenvalue weighted by molar-refractivity contribution is -0.116. The van der Waals surface area contributed by atoms with Gasteiger partial charge in [0.15, 0.2) is 0 Å². The highest BCUT2D eigenvalue weighted by Crippen LogP contribution is 2.26. The lowest BCUT2D eigenvalue weighted by atomic mass is 10.2. The standard InChI is InChI=1S/C23H21Cl3N2O3S/c1-15-3-8-19(9-4-15)32(30,31)28(13-17-6-10-20(25)21(26)11-17)14-23(29)27-22-12-18(24)7-5-16(22)2/h3-12H,13-14H2,1-2H3,(H,27,29). The number of carbonyl (C=O) groups excluding carboxylic acids is 1. The highest BCUT2D eigenvalue weighted by molar-refractivity contribution is 7.89. The molecule has 0 aliphatic heterocycles. The first-order valence-corrected chi connectivity index (χ1v) is 12.2. The van der Waals surface area contributed by atoms with Gasteiger partial charge in [-0.3, -0.25) is 4.79 Å². The number of rotatable bonds is 7. The molecule has 32 heavy (non-hydrogen) atoms. The Bertz CT molecular complexity index is 1250. The Labute approximate surface area is 203 Å². The molecule has 0 atom stereocenters. The molecule has 1 N–H and O–H groups in total. The second kappa shape index (κ2) is 10.2. The first kappa shape index (κ1) is 24.6. The van der Waals surface area contributed by atoms with Gasteiger partial charge in [-0.05, 0) is 61.4 Å². The van der Waals surface area contributed by atoms with Crippen molar-refractivity contribution in [2.24, 2.45) is 0 Å². The zero-order valence-corrected chi connectivity index (χ0v) is 20.5. The topological polar surface area (TPSA) is 66.5 Å². The van der Waals surface area contributed by atoms with E-state index in [2.05, 4.69) is 5.32 Å². The Hall–Kier alpha value is -2.09. The van der Waals surface area contributed by atoms with Gasteiger partial charge < -0.3 is 5.32 Å². The molecule has 0 bridgehead atoms. The van der Waals surface area contributed by atoms with Crippen molar-refractivity contribution in [1.29, 1.82) is 0 Å². The summed E-state index contributed by atoms with van der Waals surface area (Å²) in [4.78, 5) is 12.9. The largest absolute Gasteiger partial charge is 0.325 e. The van der Waals surface area contributed by atoms with Crippen LogP contribution >= 0.6 is 34.8 Å². The van der Waals surface area contributed by atoms with Gasteiger partial charge in [0.05, 0.1) is 21.5 Å². The fraction of sp³-hybridized carbons (Fsp3) is 0.174. The molecule has 0 aliphatic carbocycles. The summed E-state index contributed by atoms with van der Waals surface area (Å²) in [7, 11) is -3.97. The van der Waals surface area contributed by atoms with Gasteiger partial charge in [-0.2, -0.15) is 4.31 Å². The van der Waals surface area contributed by atoms with Crippen molar-refractivity contribution < 1.29 is 13.2 Å². The van der Waals surface area contributed by atoms with E-state index in [1.807, 2.05) is 13.8 Å². The molecule has 0 fully saturated rings. The van der Waals surface area contributed by atoms with E-state index in [1.54, 1.807) is 48.5 Å². The summed E-state index contributed by atoms with van der Waals surface area (Å²) in [5.74, 6) is -0.494. The van der Waals surface area contributed by atoms with Crippen LogP contribution in [0.15, 0.2) is 65.6 Å². The average Bonchev–Trinajstić information content (AvgIpc) is 2.73. The van der Waals surface area contributed by atoms with Crippen LogP contribution in [0.2, 0.25) is 15.1 Å². The number of aryl methyl sites for hydroxylation is 2. The van der Waals surface area contributed by atoms with Crippen LogP contribution in [0, 0.1) is 13.8 Å². The molecule has 0 saturated heterocycles. The monoisotopic (exact) mass is 510 g/mol. The van der Waals surface area contributed by atoms with E-state index in [0.717, 1.165) is 15.4 Å². The molecule has 0 heterocycles. The Balaban J connectivity index is 1.92. The van der Waals surface area contributed by atoms with Crippen LogP contribution in [-0.4, -0.2) is 25.2 Å². The van der Waals surface area contributed by atoms with Crippen LogP contribution in [0.3, 0.4) is 0 Å². The fourth-order valence-electron chi connectivity index (χ4n) is 3.01. The summed E-state index contributed by atoms with van der Waals surface area (Å²) in [5.41, 5.74) is 2.85. The van der Waals surface area contributed by atoms with Gasteiger partial charge in [0.2, 0.25) is 15.9 Å². The SMILES string of the molecule is Cc1ccc(S(=O)(=O)N(CC(=O)Nc2cc(Cl)ccc2C)Cc2ccc(Cl)c(Cl)c2)cc1. The van der Waals surface area contributed by atoms with Crippen LogP contribution in [-0.2, 0) is 21.4 Å². The van der Waals surface area contributed by atoms with Crippen LogP contribution in [0.4, 0.5) is 5.69 Å². The van der Waals surface area contributed by atoms with Gasteiger partial charge in [0.1, 0.15) is 0 Å². The third-order valence-corrected chi connectivity index (χ3v) is 7.58. The molecule has 0 spiro atoms. The van der Waals surface area contributed by atoms with Crippen molar-refractivity contribution in [2.75, 3.05) is 11.9 Å². The predicted octanol–water partition coefficient (Wildman–Crippen LogP) is 6.09. The highest BCUT2D eigenvalue weighted by atomic mass is 35.5. The molecule has 0 unspecified atom stereocenters. The molecule has 0 aromatic heterocycles. The maximum absolute atomic E-state index is 13.4. The van der Waals surface area contributed by atoms with E-state index in [-0.39, 0.29) is 11.4 Å². The molecule has 5 nitrogen and oxygen atoms in total. The number of nitrogens with one attached hydrogen (secondary N) is 1. The number of amides is 1. The van der Waals surface area contributed by atoms with Crippen molar-refractivity contribution >= 4 is 56.4 Å². The maximum Gasteiger partial charge on any atom is 0.243 e. The number of hydrogen-bond donors (Lipinski definition) is 1. The quantitative estimate of drug-likeness (QED) is 0.417. The van der Waals surface area contributed by atoms with Crippen molar-refractivity contribution in [1.82, 2.24) is 4.31 Å². The Kier molecular flexibility index (Phi) is 7.85. The van der Waals surface area contributed by atoms with Crippen LogP contribution in [0.25, 0.3) is 0 Å². The van der Waals surface area contributed by atoms with Gasteiger partial charge >= 0.3 is 0 Å². The highest BCUT2D eigenvalue weighted by Gasteiger charge is 2.27. The molecule has 3 aromatic carbocycles. The normalized spacial score (nSPS) is 11.6. The molecule has 0 radical (unpaired) electrons. The molecule has 9 heteroatoms. The number of halogens is 3. The minimum atomic E-state index is -3.97. The van der Waals surface area contributed by atoms with Crippen molar-refractivity contribution in [3.8, 4) is 0 Å². The van der Waals surface area contributed by atoms with Crippen molar-refractivity contribution in [3.05, 3.63) is 92.4 Å². The fourth-order valence-corrected chi connectivity index (χ4v) is 4.88. The molecular weight excluding hydrogens is 491 g/mol. The summed E-state index contributed by atoms with van der Waals surface area (Å²) in [6, 6.07) is 16.4. The number of sulfonamides is 1. The zero-order valence-electron chi connectivity index (χ0n) is 17.4. The lowest BCUT2D eigenvalue weighted by Gasteiger charge is -2.22. The van der Waals surface area contributed by atoms with Crippen molar-refractivity contribution in [3.63, 3.8) is 0 Å². The molecule has 1 amide bonds. The van der Waals surface area contributed by atoms with Crippen LogP contribution < -0.4 is 5.32 Å². The van der Waals surface area contributed by atoms with Gasteiger partial charge in [-0.15, -0.1) is 0 Å². The van der Waals surface area contributed by atoms with Gasteiger partial charge in [0, 0.05) is 17.3 Å². The molecule has 3 rings (SSSR count). The minimum Gasteiger partial charge on any atom is -0.325 e. The third-order valence-electron chi connectivity index (χ3n) is 4.80. The number of benzene rings is 3.